The van der Waals surface area contributed by atoms with E-state index in [4.69, 9.17) is 4.74 Å². The Balaban J connectivity index is 1.79. The van der Waals surface area contributed by atoms with Crippen LogP contribution >= 0.6 is 11.3 Å². The van der Waals surface area contributed by atoms with Gasteiger partial charge in [0.2, 0.25) is 0 Å². The van der Waals surface area contributed by atoms with Crippen molar-refractivity contribution in [1.82, 2.24) is 14.8 Å². The quantitative estimate of drug-likeness (QED) is 0.689. The molecule has 0 saturated carbocycles. The Morgan fingerprint density at radius 2 is 1.93 bits per heavy atom. The zero-order chi connectivity index (χ0) is 20.3. The van der Waals surface area contributed by atoms with E-state index in [-0.39, 0.29) is 17.8 Å². The maximum Gasteiger partial charge on any atom is 0.277 e. The number of hydrogen-bond acceptors (Lipinski definition) is 6. The van der Waals surface area contributed by atoms with Gasteiger partial charge in [-0.25, -0.2) is 9.67 Å². The molecule has 8 heteroatoms. The molecule has 28 heavy (non-hydrogen) atoms. The van der Waals surface area contributed by atoms with E-state index in [2.05, 4.69) is 41.4 Å². The number of carbonyl (C=O) groups is 1. The highest BCUT2D eigenvalue weighted by molar-refractivity contribution is 7.14. The first-order valence-corrected chi connectivity index (χ1v) is 9.69. The van der Waals surface area contributed by atoms with E-state index < -0.39 is 5.91 Å². The largest absolute Gasteiger partial charge is 0.383 e. The van der Waals surface area contributed by atoms with Crippen LogP contribution in [0.25, 0.3) is 11.3 Å². The first kappa shape index (κ1) is 19.9. The Kier molecular flexibility index (Phi) is 6.01. The summed E-state index contributed by atoms with van der Waals surface area (Å²) in [6.45, 7) is 6.81. The van der Waals surface area contributed by atoms with Crippen molar-refractivity contribution in [3.05, 3.63) is 62.4 Å². The number of benzene rings is 1. The fraction of sp³-hybridized carbons (Fsp3) is 0.300. The van der Waals surface area contributed by atoms with Gasteiger partial charge in [-0.2, -0.15) is 5.10 Å². The zero-order valence-electron chi connectivity index (χ0n) is 16.3. The third-order valence-corrected chi connectivity index (χ3v) is 5.21. The van der Waals surface area contributed by atoms with Crippen LogP contribution in [0.15, 0.2) is 34.4 Å². The maximum absolute atomic E-state index is 12.5. The molecule has 1 amide bonds. The van der Waals surface area contributed by atoms with Gasteiger partial charge in [0.25, 0.3) is 11.5 Å². The number of thiazole rings is 1. The molecule has 146 valence electrons. The number of aryl methyl sites for hydroxylation is 3. The number of aromatic nitrogens is 3. The minimum atomic E-state index is -0.413. The van der Waals surface area contributed by atoms with Crippen molar-refractivity contribution in [2.24, 2.45) is 0 Å². The molecule has 0 bridgehead atoms. The van der Waals surface area contributed by atoms with Crippen LogP contribution in [0.3, 0.4) is 0 Å². The zero-order valence-corrected chi connectivity index (χ0v) is 17.1. The third-order valence-electron chi connectivity index (χ3n) is 4.45. The third kappa shape index (κ3) is 4.35. The first-order valence-electron chi connectivity index (χ1n) is 8.81. The van der Waals surface area contributed by atoms with Crippen molar-refractivity contribution >= 4 is 22.4 Å². The second-order valence-corrected chi connectivity index (χ2v) is 7.37. The van der Waals surface area contributed by atoms with E-state index in [0.29, 0.717) is 11.7 Å². The SMILES string of the molecule is COCCn1nc(C(=O)Nc2nc(-c3cc(C)c(C)cc3C)cs2)ccc1=O. The number of amides is 1. The molecule has 0 saturated heterocycles. The van der Waals surface area contributed by atoms with E-state index in [1.54, 1.807) is 7.11 Å². The summed E-state index contributed by atoms with van der Waals surface area (Å²) in [6.07, 6.45) is 0. The second kappa shape index (κ2) is 8.45. The molecule has 0 spiro atoms. The Morgan fingerprint density at radius 1 is 1.18 bits per heavy atom. The molecule has 0 aliphatic heterocycles. The second-order valence-electron chi connectivity index (χ2n) is 6.52. The van der Waals surface area contributed by atoms with Crippen LogP contribution in [0, 0.1) is 20.8 Å². The van der Waals surface area contributed by atoms with Crippen LogP contribution in [-0.2, 0) is 11.3 Å². The van der Waals surface area contributed by atoms with Gasteiger partial charge in [0.15, 0.2) is 5.13 Å². The maximum atomic E-state index is 12.5. The summed E-state index contributed by atoms with van der Waals surface area (Å²) in [6, 6.07) is 6.97. The van der Waals surface area contributed by atoms with Crippen molar-refractivity contribution in [1.29, 1.82) is 0 Å². The number of ether oxygens (including phenoxy) is 1. The van der Waals surface area contributed by atoms with Gasteiger partial charge < -0.3 is 4.74 Å². The lowest BCUT2D eigenvalue weighted by molar-refractivity contribution is 0.101. The average molecular weight is 398 g/mol. The van der Waals surface area contributed by atoms with Gasteiger partial charge in [0, 0.05) is 24.1 Å². The van der Waals surface area contributed by atoms with E-state index in [0.717, 1.165) is 16.8 Å². The highest BCUT2D eigenvalue weighted by atomic mass is 32.1. The van der Waals surface area contributed by atoms with Gasteiger partial charge in [0.1, 0.15) is 5.69 Å². The number of nitrogens with one attached hydrogen (secondary N) is 1. The Morgan fingerprint density at radius 3 is 2.68 bits per heavy atom. The molecule has 0 unspecified atom stereocenters. The minimum Gasteiger partial charge on any atom is -0.383 e. The van der Waals surface area contributed by atoms with Crippen LogP contribution in [-0.4, -0.2) is 34.4 Å². The topological polar surface area (TPSA) is 86.1 Å². The highest BCUT2D eigenvalue weighted by Crippen LogP contribution is 2.29. The molecular formula is C20H22N4O3S. The van der Waals surface area contributed by atoms with E-state index in [9.17, 15) is 9.59 Å². The van der Waals surface area contributed by atoms with Crippen molar-refractivity contribution in [2.45, 2.75) is 27.3 Å². The fourth-order valence-corrected chi connectivity index (χ4v) is 3.47. The summed E-state index contributed by atoms with van der Waals surface area (Å²) >= 11 is 1.35. The van der Waals surface area contributed by atoms with E-state index in [1.807, 2.05) is 12.3 Å². The molecule has 1 aromatic carbocycles. The van der Waals surface area contributed by atoms with Gasteiger partial charge in [-0.3, -0.25) is 14.9 Å². The molecule has 0 radical (unpaired) electrons. The summed E-state index contributed by atoms with van der Waals surface area (Å²) in [5, 5.41) is 9.25. The number of carbonyl (C=O) groups excluding carboxylic acids is 1. The summed E-state index contributed by atoms with van der Waals surface area (Å²) in [5.74, 6) is -0.413. The predicted molar refractivity (Wildman–Crippen MR) is 110 cm³/mol. The van der Waals surface area contributed by atoms with Crippen molar-refractivity contribution in [3.8, 4) is 11.3 Å². The van der Waals surface area contributed by atoms with Gasteiger partial charge >= 0.3 is 0 Å². The molecule has 0 fully saturated rings. The number of anilines is 1. The number of rotatable bonds is 6. The molecule has 7 nitrogen and oxygen atoms in total. The summed E-state index contributed by atoms with van der Waals surface area (Å²) in [5.41, 5.74) is 5.30. The van der Waals surface area contributed by atoms with Crippen LogP contribution in [0.4, 0.5) is 5.13 Å². The van der Waals surface area contributed by atoms with Gasteiger partial charge in [-0.05, 0) is 49.6 Å². The summed E-state index contributed by atoms with van der Waals surface area (Å²) < 4.78 is 6.17. The van der Waals surface area contributed by atoms with Gasteiger partial charge in [0.05, 0.1) is 18.8 Å². The molecule has 1 N–H and O–H groups in total. The number of nitrogens with zero attached hydrogens (tertiary/aromatic N) is 3. The molecule has 2 heterocycles. The lowest BCUT2D eigenvalue weighted by Crippen LogP contribution is -2.27. The normalized spacial score (nSPS) is 10.9. The standard InChI is InChI=1S/C20H22N4O3S/c1-12-9-14(3)15(10-13(12)2)17-11-28-20(21-17)22-19(26)16-5-6-18(25)24(23-16)7-8-27-4/h5-6,9-11H,7-8H2,1-4H3,(H,21,22,26). The fourth-order valence-electron chi connectivity index (χ4n) is 2.76. The molecule has 0 atom stereocenters. The van der Waals surface area contributed by atoms with Crippen molar-refractivity contribution in [2.75, 3.05) is 19.0 Å². The first-order chi connectivity index (χ1) is 13.4. The van der Waals surface area contributed by atoms with Crippen LogP contribution in [0.1, 0.15) is 27.2 Å². The monoisotopic (exact) mass is 398 g/mol. The number of methoxy groups -OCH3 is 1. The minimum absolute atomic E-state index is 0.148. The van der Waals surface area contributed by atoms with Gasteiger partial charge in [-0.1, -0.05) is 6.07 Å². The molecule has 3 aromatic rings. The smallest absolute Gasteiger partial charge is 0.277 e. The highest BCUT2D eigenvalue weighted by Gasteiger charge is 2.14. The Labute approximate surface area is 167 Å². The van der Waals surface area contributed by atoms with Crippen molar-refractivity contribution < 1.29 is 9.53 Å². The van der Waals surface area contributed by atoms with Crippen LogP contribution in [0.5, 0.6) is 0 Å². The molecular weight excluding hydrogens is 376 g/mol. The number of hydrogen-bond donors (Lipinski definition) is 1. The summed E-state index contributed by atoms with van der Waals surface area (Å²) in [7, 11) is 1.54. The van der Waals surface area contributed by atoms with E-state index >= 15 is 0 Å². The molecule has 2 aromatic heterocycles. The molecule has 3 rings (SSSR count). The summed E-state index contributed by atoms with van der Waals surface area (Å²) in [4.78, 5) is 28.9. The molecule has 0 aliphatic rings. The Bertz CT molecular complexity index is 1070. The van der Waals surface area contributed by atoms with Crippen LogP contribution in [0.2, 0.25) is 0 Å². The predicted octanol–water partition coefficient (Wildman–Crippen LogP) is 3.19. The van der Waals surface area contributed by atoms with Crippen molar-refractivity contribution in [3.63, 3.8) is 0 Å². The van der Waals surface area contributed by atoms with E-state index in [1.165, 1.54) is 39.3 Å². The molecule has 0 aliphatic carbocycles. The van der Waals surface area contributed by atoms with Gasteiger partial charge in [-0.15, -0.1) is 11.3 Å². The Hall–Kier alpha value is -2.84. The van der Waals surface area contributed by atoms with Crippen LogP contribution < -0.4 is 10.9 Å². The average Bonchev–Trinajstić information content (AvgIpc) is 3.12. The lowest BCUT2D eigenvalue weighted by Gasteiger charge is -2.08. The lowest BCUT2D eigenvalue weighted by atomic mass is 9.99.